The second kappa shape index (κ2) is 6.79. The van der Waals surface area contributed by atoms with E-state index < -0.39 is 61.0 Å². The van der Waals surface area contributed by atoms with Crippen molar-refractivity contribution in [3.05, 3.63) is 23.3 Å². The van der Waals surface area contributed by atoms with Crippen molar-refractivity contribution in [3.8, 4) is 11.5 Å². The van der Waals surface area contributed by atoms with Crippen LogP contribution in [0.1, 0.15) is 22.0 Å². The van der Waals surface area contributed by atoms with E-state index >= 15 is 0 Å². The highest BCUT2D eigenvalue weighted by Gasteiger charge is 2.45. The zero-order valence-electron chi connectivity index (χ0n) is 11.9. The summed E-state index contributed by atoms with van der Waals surface area (Å²) >= 11 is 0. The normalized spacial score (nSPS) is 31.1. The lowest BCUT2D eigenvalue weighted by molar-refractivity contribution is -0.232. The van der Waals surface area contributed by atoms with Gasteiger partial charge in [-0.3, -0.25) is 4.79 Å². The lowest BCUT2D eigenvalue weighted by Crippen LogP contribution is -2.55. The quantitative estimate of drug-likeness (QED) is 0.303. The fraction of sp³-hybridized carbons (Fsp3) is 0.500. The number of ketones is 1. The van der Waals surface area contributed by atoms with Gasteiger partial charge in [0.1, 0.15) is 48.6 Å². The fourth-order valence-electron chi connectivity index (χ4n) is 2.49. The van der Waals surface area contributed by atoms with Crippen molar-refractivity contribution in [1.29, 1.82) is 0 Å². The van der Waals surface area contributed by atoms with Crippen LogP contribution in [0.5, 0.6) is 11.5 Å². The van der Waals surface area contributed by atoms with Gasteiger partial charge in [0.15, 0.2) is 5.78 Å². The Balaban J connectivity index is 2.45. The highest BCUT2D eigenvalue weighted by atomic mass is 16.5. The summed E-state index contributed by atoms with van der Waals surface area (Å²) in [6.45, 7) is -1.53. The standard InChI is InChI=1S/C14H18O9/c15-3-9(19)5-1-6(8(18)2-7(5)17)14-13(22)12(21)11(20)10(4-16)23-14/h1-2,10-18,20-22H,3-4H2/t10-,11-,12+,13-,14?/m1/s1. The minimum absolute atomic E-state index is 0.142. The Morgan fingerprint density at radius 2 is 1.65 bits per heavy atom. The lowest BCUT2D eigenvalue weighted by atomic mass is 9.89. The van der Waals surface area contributed by atoms with Crippen LogP contribution in [0.3, 0.4) is 0 Å². The first-order valence-electron chi connectivity index (χ1n) is 6.82. The van der Waals surface area contributed by atoms with E-state index in [0.29, 0.717) is 0 Å². The third kappa shape index (κ3) is 3.15. The van der Waals surface area contributed by atoms with Gasteiger partial charge in [-0.1, -0.05) is 0 Å². The molecule has 23 heavy (non-hydrogen) atoms. The summed E-state index contributed by atoms with van der Waals surface area (Å²) in [7, 11) is 0. The Hall–Kier alpha value is -1.75. The van der Waals surface area contributed by atoms with Gasteiger partial charge in [-0.05, 0) is 6.07 Å². The third-order valence-electron chi connectivity index (χ3n) is 3.79. The number of aliphatic hydroxyl groups is 5. The first kappa shape index (κ1) is 17.6. The van der Waals surface area contributed by atoms with E-state index in [1.54, 1.807) is 0 Å². The zero-order valence-corrected chi connectivity index (χ0v) is 11.9. The van der Waals surface area contributed by atoms with Gasteiger partial charge in [-0.25, -0.2) is 0 Å². The summed E-state index contributed by atoms with van der Waals surface area (Å²) in [5.41, 5.74) is -0.450. The van der Waals surface area contributed by atoms with Gasteiger partial charge in [0, 0.05) is 11.6 Å². The van der Waals surface area contributed by atoms with E-state index in [1.165, 1.54) is 0 Å². The van der Waals surface area contributed by atoms with Crippen molar-refractivity contribution < 1.29 is 45.3 Å². The van der Waals surface area contributed by atoms with Crippen molar-refractivity contribution in [2.24, 2.45) is 0 Å². The Bertz CT molecular complexity index is 586. The molecule has 128 valence electrons. The summed E-state index contributed by atoms with van der Waals surface area (Å²) in [6.07, 6.45) is -7.43. The van der Waals surface area contributed by atoms with E-state index in [1.807, 2.05) is 0 Å². The molecule has 0 bridgehead atoms. The predicted molar refractivity (Wildman–Crippen MR) is 73.9 cm³/mol. The van der Waals surface area contributed by atoms with Crippen molar-refractivity contribution in [3.63, 3.8) is 0 Å². The van der Waals surface area contributed by atoms with Gasteiger partial charge in [-0.15, -0.1) is 0 Å². The number of aromatic hydroxyl groups is 2. The number of carbonyl (C=O) groups is 1. The van der Waals surface area contributed by atoms with Crippen LogP contribution in [0.4, 0.5) is 0 Å². The molecule has 1 unspecified atom stereocenters. The van der Waals surface area contributed by atoms with E-state index in [9.17, 15) is 30.3 Å². The molecule has 0 radical (unpaired) electrons. The number of phenols is 2. The van der Waals surface area contributed by atoms with E-state index in [-0.39, 0.29) is 11.1 Å². The van der Waals surface area contributed by atoms with Crippen LogP contribution in [0.2, 0.25) is 0 Å². The molecule has 1 aromatic carbocycles. The number of Topliss-reactive ketones (excluding diaryl/α,β-unsaturated/α-hetero) is 1. The number of hydrogen-bond acceptors (Lipinski definition) is 9. The van der Waals surface area contributed by atoms with Crippen molar-refractivity contribution in [2.45, 2.75) is 30.5 Å². The average molecular weight is 330 g/mol. The second-order valence-corrected chi connectivity index (χ2v) is 5.26. The summed E-state index contributed by atoms with van der Waals surface area (Å²) in [5.74, 6) is -1.93. The number of aliphatic hydroxyl groups excluding tert-OH is 5. The zero-order chi connectivity index (χ0) is 17.3. The highest BCUT2D eigenvalue weighted by molar-refractivity contribution is 5.99. The van der Waals surface area contributed by atoms with E-state index in [2.05, 4.69) is 0 Å². The lowest BCUT2D eigenvalue weighted by Gasteiger charge is -2.40. The monoisotopic (exact) mass is 330 g/mol. The molecule has 7 N–H and O–H groups in total. The molecule has 0 aromatic heterocycles. The summed E-state index contributed by atoms with van der Waals surface area (Å²) in [6, 6.07) is 1.84. The molecule has 1 saturated heterocycles. The number of carbonyl (C=O) groups excluding carboxylic acids is 1. The molecular weight excluding hydrogens is 312 g/mol. The SMILES string of the molecule is O=C(CO)c1cc(C2O[C@H](CO)[C@@H](O)[C@H](O)[C@H]2O)c(O)cc1O. The molecule has 9 heteroatoms. The van der Waals surface area contributed by atoms with Crippen LogP contribution in [-0.4, -0.2) is 79.2 Å². The topological polar surface area (TPSA) is 168 Å². The van der Waals surface area contributed by atoms with Crippen LogP contribution in [0, 0.1) is 0 Å². The molecule has 0 saturated carbocycles. The van der Waals surface area contributed by atoms with Crippen LogP contribution >= 0.6 is 0 Å². The summed E-state index contributed by atoms with van der Waals surface area (Å²) in [4.78, 5) is 11.6. The van der Waals surface area contributed by atoms with Crippen molar-refractivity contribution in [2.75, 3.05) is 13.2 Å². The van der Waals surface area contributed by atoms with Crippen LogP contribution in [0.25, 0.3) is 0 Å². The first-order chi connectivity index (χ1) is 10.8. The Morgan fingerprint density at radius 3 is 2.22 bits per heavy atom. The van der Waals surface area contributed by atoms with E-state index in [4.69, 9.17) is 14.9 Å². The van der Waals surface area contributed by atoms with Crippen molar-refractivity contribution >= 4 is 5.78 Å². The maximum atomic E-state index is 11.6. The molecule has 0 spiro atoms. The number of benzene rings is 1. The molecule has 9 nitrogen and oxygen atoms in total. The van der Waals surface area contributed by atoms with Gasteiger partial charge in [-0.2, -0.15) is 0 Å². The summed E-state index contributed by atoms with van der Waals surface area (Å²) in [5, 5.41) is 67.1. The highest BCUT2D eigenvalue weighted by Crippen LogP contribution is 2.39. The molecule has 5 atom stereocenters. The largest absolute Gasteiger partial charge is 0.507 e. The van der Waals surface area contributed by atoms with Gasteiger partial charge < -0.3 is 40.5 Å². The molecule has 2 rings (SSSR count). The maximum Gasteiger partial charge on any atom is 0.191 e. The van der Waals surface area contributed by atoms with Crippen molar-refractivity contribution in [1.82, 2.24) is 0 Å². The van der Waals surface area contributed by atoms with Crippen LogP contribution in [-0.2, 0) is 4.74 Å². The number of ether oxygens (including phenoxy) is 1. The molecule has 1 aromatic rings. The van der Waals surface area contributed by atoms with Crippen LogP contribution in [0.15, 0.2) is 12.1 Å². The smallest absolute Gasteiger partial charge is 0.191 e. The fourth-order valence-corrected chi connectivity index (χ4v) is 2.49. The molecule has 1 aliphatic heterocycles. The molecule has 1 heterocycles. The second-order valence-electron chi connectivity index (χ2n) is 5.26. The summed E-state index contributed by atoms with van der Waals surface area (Å²) < 4.78 is 5.28. The minimum Gasteiger partial charge on any atom is -0.507 e. The average Bonchev–Trinajstić information content (AvgIpc) is 2.53. The number of phenolic OH excluding ortho intramolecular Hbond substituents is 2. The predicted octanol–water partition coefficient (Wildman–Crippen LogP) is -2.21. The maximum absolute atomic E-state index is 11.6. The molecular formula is C14H18O9. The number of hydrogen-bond donors (Lipinski definition) is 7. The van der Waals surface area contributed by atoms with Gasteiger partial charge >= 0.3 is 0 Å². The van der Waals surface area contributed by atoms with Crippen LogP contribution < -0.4 is 0 Å². The number of rotatable bonds is 4. The van der Waals surface area contributed by atoms with Gasteiger partial charge in [0.25, 0.3) is 0 Å². The van der Waals surface area contributed by atoms with Gasteiger partial charge in [0.2, 0.25) is 0 Å². The molecule has 1 fully saturated rings. The minimum atomic E-state index is -1.66. The molecule has 0 amide bonds. The molecule has 1 aliphatic rings. The Kier molecular flexibility index (Phi) is 5.19. The first-order valence-corrected chi connectivity index (χ1v) is 6.82. The third-order valence-corrected chi connectivity index (χ3v) is 3.79. The van der Waals surface area contributed by atoms with E-state index in [0.717, 1.165) is 12.1 Å². The Labute approximate surface area is 130 Å². The van der Waals surface area contributed by atoms with Gasteiger partial charge in [0.05, 0.1) is 12.2 Å². The molecule has 0 aliphatic carbocycles. The Morgan fingerprint density at radius 1 is 1.00 bits per heavy atom.